The first-order valence-corrected chi connectivity index (χ1v) is 11.0. The van der Waals surface area contributed by atoms with Crippen LogP contribution in [0.2, 0.25) is 0 Å². The van der Waals surface area contributed by atoms with Gasteiger partial charge in [-0.05, 0) is 56.0 Å². The summed E-state index contributed by atoms with van der Waals surface area (Å²) in [5.74, 6) is -0.155. The Balaban J connectivity index is 1.74. The van der Waals surface area contributed by atoms with Crippen molar-refractivity contribution in [3.63, 3.8) is 0 Å². The quantitative estimate of drug-likeness (QED) is 0.647. The SMILES string of the molecule is CC[C@@H](C(=O)NC1CCCC1)N(Cc1ccc(F)cc1)C(=O)COc1ccc(C)cc1. The molecule has 0 radical (unpaired) electrons. The number of carbonyl (C=O) groups is 2. The van der Waals surface area contributed by atoms with Crippen LogP contribution < -0.4 is 10.1 Å². The number of amides is 2. The topological polar surface area (TPSA) is 58.6 Å². The highest BCUT2D eigenvalue weighted by molar-refractivity contribution is 5.88. The molecule has 1 aliphatic rings. The maximum Gasteiger partial charge on any atom is 0.261 e. The highest BCUT2D eigenvalue weighted by Crippen LogP contribution is 2.20. The standard InChI is InChI=1S/C25H31FN2O3/c1-3-23(25(30)27-21-6-4-5-7-21)28(16-19-10-12-20(26)13-11-19)24(29)17-31-22-14-8-18(2)9-15-22/h8-15,21,23H,3-7,16-17H2,1-2H3,(H,27,30)/t23-/m0/s1. The van der Waals surface area contributed by atoms with E-state index in [0.29, 0.717) is 12.2 Å². The van der Waals surface area contributed by atoms with Crippen LogP contribution in [0.5, 0.6) is 5.75 Å². The summed E-state index contributed by atoms with van der Waals surface area (Å²) in [6, 6.07) is 13.0. The van der Waals surface area contributed by atoms with Gasteiger partial charge in [-0.25, -0.2) is 4.39 Å². The third kappa shape index (κ3) is 6.54. The van der Waals surface area contributed by atoms with Gasteiger partial charge in [0.2, 0.25) is 5.91 Å². The first-order valence-electron chi connectivity index (χ1n) is 11.0. The molecule has 0 saturated heterocycles. The number of halogens is 1. The zero-order valence-corrected chi connectivity index (χ0v) is 18.3. The molecule has 0 spiro atoms. The Bertz CT molecular complexity index is 861. The summed E-state index contributed by atoms with van der Waals surface area (Å²) < 4.78 is 19.0. The minimum Gasteiger partial charge on any atom is -0.484 e. The molecule has 2 aromatic carbocycles. The number of nitrogens with one attached hydrogen (secondary N) is 1. The van der Waals surface area contributed by atoms with Crippen LogP contribution in [0.3, 0.4) is 0 Å². The summed E-state index contributed by atoms with van der Waals surface area (Å²) >= 11 is 0. The van der Waals surface area contributed by atoms with Gasteiger partial charge >= 0.3 is 0 Å². The molecule has 1 fully saturated rings. The van der Waals surface area contributed by atoms with Gasteiger partial charge in [0.15, 0.2) is 6.61 Å². The lowest BCUT2D eigenvalue weighted by molar-refractivity contribution is -0.143. The first kappa shape index (κ1) is 22.8. The molecule has 0 heterocycles. The van der Waals surface area contributed by atoms with Crippen LogP contribution in [0.15, 0.2) is 48.5 Å². The molecular weight excluding hydrogens is 395 g/mol. The second kappa shape index (κ2) is 10.9. The molecule has 6 heteroatoms. The van der Waals surface area contributed by atoms with E-state index < -0.39 is 6.04 Å². The molecule has 3 rings (SSSR count). The summed E-state index contributed by atoms with van der Waals surface area (Å²) in [5, 5.41) is 3.11. The van der Waals surface area contributed by atoms with Gasteiger partial charge in [-0.1, -0.05) is 49.6 Å². The van der Waals surface area contributed by atoms with Crippen molar-refractivity contribution in [2.75, 3.05) is 6.61 Å². The number of carbonyl (C=O) groups excluding carboxylic acids is 2. The second-order valence-corrected chi connectivity index (χ2v) is 8.16. The monoisotopic (exact) mass is 426 g/mol. The van der Waals surface area contributed by atoms with E-state index in [1.807, 2.05) is 38.1 Å². The summed E-state index contributed by atoms with van der Waals surface area (Å²) in [5.41, 5.74) is 1.86. The fraction of sp³-hybridized carbons (Fsp3) is 0.440. The van der Waals surface area contributed by atoms with Crippen LogP contribution in [-0.4, -0.2) is 35.4 Å². The van der Waals surface area contributed by atoms with Crippen molar-refractivity contribution in [3.05, 3.63) is 65.5 Å². The van der Waals surface area contributed by atoms with E-state index in [9.17, 15) is 14.0 Å². The normalized spacial score (nSPS) is 14.8. The lowest BCUT2D eigenvalue weighted by atomic mass is 10.1. The molecule has 5 nitrogen and oxygen atoms in total. The van der Waals surface area contributed by atoms with Gasteiger partial charge in [-0.15, -0.1) is 0 Å². The van der Waals surface area contributed by atoms with E-state index in [1.165, 1.54) is 12.1 Å². The molecular formula is C25H31FN2O3. The third-order valence-corrected chi connectivity index (χ3v) is 5.74. The first-order chi connectivity index (χ1) is 15.0. The molecule has 1 saturated carbocycles. The maximum absolute atomic E-state index is 13.3. The van der Waals surface area contributed by atoms with Crippen molar-refractivity contribution >= 4 is 11.8 Å². The molecule has 166 valence electrons. The van der Waals surface area contributed by atoms with Gasteiger partial charge in [0, 0.05) is 12.6 Å². The van der Waals surface area contributed by atoms with Crippen LogP contribution in [0.1, 0.15) is 50.2 Å². The van der Waals surface area contributed by atoms with E-state index in [-0.39, 0.29) is 36.8 Å². The van der Waals surface area contributed by atoms with Crippen LogP contribution in [-0.2, 0) is 16.1 Å². The van der Waals surface area contributed by atoms with Crippen molar-refractivity contribution in [2.45, 2.75) is 64.6 Å². The van der Waals surface area contributed by atoms with Crippen LogP contribution in [0.4, 0.5) is 4.39 Å². The number of rotatable bonds is 9. The number of benzene rings is 2. The number of hydrogen-bond donors (Lipinski definition) is 1. The molecule has 1 N–H and O–H groups in total. The number of ether oxygens (including phenoxy) is 1. The second-order valence-electron chi connectivity index (χ2n) is 8.16. The Morgan fingerprint density at radius 3 is 2.35 bits per heavy atom. The van der Waals surface area contributed by atoms with E-state index in [4.69, 9.17) is 4.74 Å². The predicted molar refractivity (Wildman–Crippen MR) is 118 cm³/mol. The van der Waals surface area contributed by atoms with Crippen molar-refractivity contribution in [2.24, 2.45) is 0 Å². The summed E-state index contributed by atoms with van der Waals surface area (Å²) in [4.78, 5) is 27.7. The lowest BCUT2D eigenvalue weighted by Crippen LogP contribution is -2.52. The smallest absolute Gasteiger partial charge is 0.261 e. The summed E-state index contributed by atoms with van der Waals surface area (Å²) in [7, 11) is 0. The van der Waals surface area contributed by atoms with Gasteiger partial charge in [0.1, 0.15) is 17.6 Å². The Kier molecular flexibility index (Phi) is 8.04. The lowest BCUT2D eigenvalue weighted by Gasteiger charge is -2.31. The highest BCUT2D eigenvalue weighted by Gasteiger charge is 2.30. The van der Waals surface area contributed by atoms with E-state index in [1.54, 1.807) is 17.0 Å². The molecule has 0 unspecified atom stereocenters. The molecule has 2 aromatic rings. The van der Waals surface area contributed by atoms with Gasteiger partial charge in [0.25, 0.3) is 5.91 Å². The van der Waals surface area contributed by atoms with Crippen molar-refractivity contribution in [1.82, 2.24) is 10.2 Å². The van der Waals surface area contributed by atoms with Gasteiger partial charge in [-0.2, -0.15) is 0 Å². The molecule has 2 amide bonds. The Morgan fingerprint density at radius 2 is 1.74 bits per heavy atom. The van der Waals surface area contributed by atoms with Crippen LogP contribution >= 0.6 is 0 Å². The third-order valence-electron chi connectivity index (χ3n) is 5.74. The molecule has 0 bridgehead atoms. The molecule has 0 aromatic heterocycles. The molecule has 31 heavy (non-hydrogen) atoms. The highest BCUT2D eigenvalue weighted by atomic mass is 19.1. The molecule has 1 aliphatic carbocycles. The maximum atomic E-state index is 13.3. The molecule has 1 atom stereocenters. The van der Waals surface area contributed by atoms with Crippen LogP contribution in [0, 0.1) is 12.7 Å². The predicted octanol–water partition coefficient (Wildman–Crippen LogP) is 4.38. The summed E-state index contributed by atoms with van der Waals surface area (Å²) in [6.07, 6.45) is 4.67. The zero-order valence-electron chi connectivity index (χ0n) is 18.3. The number of nitrogens with zero attached hydrogens (tertiary/aromatic N) is 1. The van der Waals surface area contributed by atoms with Crippen molar-refractivity contribution < 1.29 is 18.7 Å². The average molecular weight is 427 g/mol. The fourth-order valence-electron chi connectivity index (χ4n) is 3.94. The Hall–Kier alpha value is -2.89. The zero-order chi connectivity index (χ0) is 22.2. The van der Waals surface area contributed by atoms with Gasteiger partial charge in [0.05, 0.1) is 0 Å². The molecule has 0 aliphatic heterocycles. The fourth-order valence-corrected chi connectivity index (χ4v) is 3.94. The van der Waals surface area contributed by atoms with E-state index >= 15 is 0 Å². The minimum absolute atomic E-state index is 0.139. The van der Waals surface area contributed by atoms with Crippen LogP contribution in [0.25, 0.3) is 0 Å². The Labute approximate surface area is 183 Å². The van der Waals surface area contributed by atoms with E-state index in [0.717, 1.165) is 36.8 Å². The number of hydrogen-bond acceptors (Lipinski definition) is 3. The summed E-state index contributed by atoms with van der Waals surface area (Å²) in [6.45, 7) is 3.92. The van der Waals surface area contributed by atoms with Gasteiger partial charge in [-0.3, -0.25) is 9.59 Å². The van der Waals surface area contributed by atoms with Crippen molar-refractivity contribution in [1.29, 1.82) is 0 Å². The largest absolute Gasteiger partial charge is 0.484 e. The average Bonchev–Trinajstić information content (AvgIpc) is 3.27. The van der Waals surface area contributed by atoms with E-state index in [2.05, 4.69) is 5.32 Å². The van der Waals surface area contributed by atoms with Gasteiger partial charge < -0.3 is 15.0 Å². The Morgan fingerprint density at radius 1 is 1.10 bits per heavy atom. The van der Waals surface area contributed by atoms with Crippen molar-refractivity contribution in [3.8, 4) is 5.75 Å². The minimum atomic E-state index is -0.611. The number of aryl methyl sites for hydroxylation is 1.